The van der Waals surface area contributed by atoms with Gasteiger partial charge in [0.2, 0.25) is 0 Å². The third-order valence-corrected chi connectivity index (χ3v) is 3.84. The minimum atomic E-state index is -4.73. The van der Waals surface area contributed by atoms with E-state index in [2.05, 4.69) is 20.7 Å². The molecule has 3 N–H and O–H groups in total. The Kier molecular flexibility index (Phi) is 4.67. The van der Waals surface area contributed by atoms with Crippen molar-refractivity contribution in [3.05, 3.63) is 57.6 Å². The number of alkyl halides is 3. The van der Waals surface area contributed by atoms with Gasteiger partial charge >= 0.3 is 6.36 Å². The van der Waals surface area contributed by atoms with Crippen LogP contribution in [0.15, 0.2) is 40.9 Å². The molecule has 0 fully saturated rings. The molecule has 0 heterocycles. The molecule has 0 amide bonds. The summed E-state index contributed by atoms with van der Waals surface area (Å²) >= 11 is 3.32. The lowest BCUT2D eigenvalue weighted by atomic mass is 9.97. The van der Waals surface area contributed by atoms with Crippen LogP contribution in [-0.4, -0.2) is 11.5 Å². The van der Waals surface area contributed by atoms with E-state index in [4.69, 9.17) is 5.73 Å². The van der Waals surface area contributed by atoms with Gasteiger partial charge in [0.15, 0.2) is 0 Å². The SMILES string of the molecule is Cc1ccc(Br)c([C@@H](N)c2ccc(OC(F)(F)F)cc2)c1O. The van der Waals surface area contributed by atoms with Crippen molar-refractivity contribution < 1.29 is 23.0 Å². The van der Waals surface area contributed by atoms with E-state index in [1.165, 1.54) is 24.3 Å². The van der Waals surface area contributed by atoms with Gasteiger partial charge in [0, 0.05) is 10.0 Å². The molecule has 118 valence electrons. The molecule has 0 aromatic heterocycles. The third-order valence-electron chi connectivity index (χ3n) is 3.15. The zero-order chi connectivity index (χ0) is 16.5. The number of halogens is 4. The second-order valence-corrected chi connectivity index (χ2v) is 5.58. The molecule has 2 aromatic carbocycles. The Morgan fingerprint density at radius 1 is 1.14 bits per heavy atom. The summed E-state index contributed by atoms with van der Waals surface area (Å²) in [7, 11) is 0. The van der Waals surface area contributed by atoms with Gasteiger partial charge < -0.3 is 15.6 Å². The lowest BCUT2D eigenvalue weighted by molar-refractivity contribution is -0.274. The lowest BCUT2D eigenvalue weighted by Crippen LogP contribution is -2.17. The van der Waals surface area contributed by atoms with E-state index in [0.29, 0.717) is 21.2 Å². The van der Waals surface area contributed by atoms with Crippen LogP contribution in [0, 0.1) is 6.92 Å². The summed E-state index contributed by atoms with van der Waals surface area (Å²) in [6, 6.07) is 8.03. The van der Waals surface area contributed by atoms with E-state index < -0.39 is 12.4 Å². The summed E-state index contributed by atoms with van der Waals surface area (Å²) in [6.45, 7) is 1.73. The van der Waals surface area contributed by atoms with Crippen LogP contribution >= 0.6 is 15.9 Å². The number of hydrogen-bond donors (Lipinski definition) is 2. The van der Waals surface area contributed by atoms with Crippen molar-refractivity contribution >= 4 is 15.9 Å². The molecule has 22 heavy (non-hydrogen) atoms. The Hall–Kier alpha value is -1.73. The van der Waals surface area contributed by atoms with Gasteiger partial charge in [-0.05, 0) is 36.2 Å². The van der Waals surface area contributed by atoms with Crippen molar-refractivity contribution in [3.63, 3.8) is 0 Å². The Labute approximate surface area is 133 Å². The van der Waals surface area contributed by atoms with Crippen molar-refractivity contribution in [2.45, 2.75) is 19.3 Å². The quantitative estimate of drug-likeness (QED) is 0.835. The van der Waals surface area contributed by atoms with Gasteiger partial charge in [-0.25, -0.2) is 0 Å². The van der Waals surface area contributed by atoms with E-state index in [1.807, 2.05) is 0 Å². The average Bonchev–Trinajstić information content (AvgIpc) is 2.42. The van der Waals surface area contributed by atoms with Gasteiger partial charge in [-0.3, -0.25) is 0 Å². The fourth-order valence-corrected chi connectivity index (χ4v) is 2.60. The normalized spacial score (nSPS) is 13.0. The summed E-state index contributed by atoms with van der Waals surface area (Å²) in [5, 5.41) is 10.1. The highest BCUT2D eigenvalue weighted by Crippen LogP contribution is 2.36. The van der Waals surface area contributed by atoms with Gasteiger partial charge in [0.05, 0.1) is 6.04 Å². The summed E-state index contributed by atoms with van der Waals surface area (Å²) in [6.07, 6.45) is -4.73. The standard InChI is InChI=1S/C15H13BrF3NO2/c1-8-2-7-11(16)12(14(8)21)13(20)9-3-5-10(6-4-9)22-15(17,18)19/h2-7,13,21H,20H2,1H3/t13-/m0/s1. The molecule has 0 radical (unpaired) electrons. The number of hydrogen-bond acceptors (Lipinski definition) is 3. The minimum absolute atomic E-state index is 0.0532. The first-order chi connectivity index (χ1) is 10.2. The van der Waals surface area contributed by atoms with Crippen molar-refractivity contribution in [1.82, 2.24) is 0 Å². The fourth-order valence-electron chi connectivity index (χ4n) is 2.03. The van der Waals surface area contributed by atoms with Crippen LogP contribution < -0.4 is 10.5 Å². The van der Waals surface area contributed by atoms with Gasteiger partial charge in [-0.2, -0.15) is 0 Å². The molecule has 0 bridgehead atoms. The number of rotatable bonds is 3. The Morgan fingerprint density at radius 3 is 2.27 bits per heavy atom. The molecule has 0 aliphatic carbocycles. The van der Waals surface area contributed by atoms with Crippen molar-refractivity contribution in [2.75, 3.05) is 0 Å². The average molecular weight is 376 g/mol. The number of aromatic hydroxyl groups is 1. The molecule has 0 unspecified atom stereocenters. The number of ether oxygens (including phenoxy) is 1. The van der Waals surface area contributed by atoms with E-state index in [0.717, 1.165) is 0 Å². The fraction of sp³-hybridized carbons (Fsp3) is 0.200. The largest absolute Gasteiger partial charge is 0.573 e. The van der Waals surface area contributed by atoms with Gasteiger partial charge in [0.25, 0.3) is 0 Å². The van der Waals surface area contributed by atoms with E-state index >= 15 is 0 Å². The Bertz CT molecular complexity index is 672. The van der Waals surface area contributed by atoms with E-state index in [1.54, 1.807) is 19.1 Å². The molecule has 0 aliphatic heterocycles. The van der Waals surface area contributed by atoms with E-state index in [9.17, 15) is 18.3 Å². The Balaban J connectivity index is 2.31. The second-order valence-electron chi connectivity index (χ2n) is 4.72. The first-order valence-corrected chi connectivity index (χ1v) is 7.07. The van der Waals surface area contributed by atoms with Gasteiger partial charge in [0.1, 0.15) is 11.5 Å². The summed E-state index contributed by atoms with van der Waals surface area (Å²) in [4.78, 5) is 0. The van der Waals surface area contributed by atoms with Crippen molar-refractivity contribution in [2.24, 2.45) is 5.73 Å². The molecule has 7 heteroatoms. The topological polar surface area (TPSA) is 55.5 Å². The van der Waals surface area contributed by atoms with Gasteiger partial charge in [-0.15, -0.1) is 13.2 Å². The highest BCUT2D eigenvalue weighted by atomic mass is 79.9. The van der Waals surface area contributed by atoms with Gasteiger partial charge in [-0.1, -0.05) is 34.1 Å². The Morgan fingerprint density at radius 2 is 1.73 bits per heavy atom. The highest BCUT2D eigenvalue weighted by Gasteiger charge is 2.31. The molecule has 0 aliphatic rings. The summed E-state index contributed by atoms with van der Waals surface area (Å²) in [5.41, 5.74) is 7.80. The van der Waals surface area contributed by atoms with Crippen LogP contribution in [0.25, 0.3) is 0 Å². The number of aryl methyl sites for hydroxylation is 1. The molecular formula is C15H13BrF3NO2. The molecule has 0 spiro atoms. The maximum atomic E-state index is 12.1. The summed E-state index contributed by atoms with van der Waals surface area (Å²) < 4.78 is 40.8. The lowest BCUT2D eigenvalue weighted by Gasteiger charge is -2.18. The molecule has 3 nitrogen and oxygen atoms in total. The van der Waals surface area contributed by atoms with Crippen LogP contribution in [0.1, 0.15) is 22.7 Å². The number of benzene rings is 2. The van der Waals surface area contributed by atoms with Crippen molar-refractivity contribution in [1.29, 1.82) is 0 Å². The maximum Gasteiger partial charge on any atom is 0.573 e. The van der Waals surface area contributed by atoms with Crippen LogP contribution in [-0.2, 0) is 0 Å². The highest BCUT2D eigenvalue weighted by molar-refractivity contribution is 9.10. The third kappa shape index (κ3) is 3.72. The van der Waals surface area contributed by atoms with Crippen LogP contribution in [0.4, 0.5) is 13.2 Å². The molecule has 2 aromatic rings. The first-order valence-electron chi connectivity index (χ1n) is 6.28. The second kappa shape index (κ2) is 6.18. The summed E-state index contributed by atoms with van der Waals surface area (Å²) in [5.74, 6) is -0.270. The number of phenolic OH excluding ortho intramolecular Hbond substituents is 1. The number of phenols is 1. The molecule has 0 saturated carbocycles. The molecule has 0 saturated heterocycles. The smallest absolute Gasteiger partial charge is 0.507 e. The monoisotopic (exact) mass is 375 g/mol. The van der Waals surface area contributed by atoms with E-state index in [-0.39, 0.29) is 11.5 Å². The predicted molar refractivity (Wildman–Crippen MR) is 79.7 cm³/mol. The zero-order valence-corrected chi connectivity index (χ0v) is 13.1. The first kappa shape index (κ1) is 16.6. The van der Waals surface area contributed by atoms with Crippen LogP contribution in [0.2, 0.25) is 0 Å². The number of nitrogens with two attached hydrogens (primary N) is 1. The predicted octanol–water partition coefficient (Wildman–Crippen LogP) is 4.41. The van der Waals surface area contributed by atoms with Crippen LogP contribution in [0.3, 0.4) is 0 Å². The van der Waals surface area contributed by atoms with Crippen molar-refractivity contribution in [3.8, 4) is 11.5 Å². The maximum absolute atomic E-state index is 12.1. The van der Waals surface area contributed by atoms with Crippen LogP contribution in [0.5, 0.6) is 11.5 Å². The minimum Gasteiger partial charge on any atom is -0.507 e. The molecular weight excluding hydrogens is 363 g/mol. The zero-order valence-electron chi connectivity index (χ0n) is 11.5. The molecule has 2 rings (SSSR count). The molecule has 1 atom stereocenters.